The van der Waals surface area contributed by atoms with Gasteiger partial charge in [0.25, 0.3) is 0 Å². The maximum atomic E-state index is 11.3. The molecule has 0 fully saturated rings. The van der Waals surface area contributed by atoms with E-state index in [1.165, 1.54) is 4.57 Å². The first-order valence-electron chi connectivity index (χ1n) is 3.90. The van der Waals surface area contributed by atoms with Gasteiger partial charge in [0.15, 0.2) is 6.29 Å². The van der Waals surface area contributed by atoms with Crippen LogP contribution < -0.4 is 4.87 Å². The summed E-state index contributed by atoms with van der Waals surface area (Å²) in [6, 6.07) is 0. The number of aromatic nitrogens is 1. The first kappa shape index (κ1) is 10.5. The average molecular weight is 220 g/mol. The molecular formula is C8H10ClNO2S. The van der Waals surface area contributed by atoms with Crippen LogP contribution in [0.1, 0.15) is 23.5 Å². The summed E-state index contributed by atoms with van der Waals surface area (Å²) in [5, 5.41) is 0.263. The molecule has 0 atom stereocenters. The summed E-state index contributed by atoms with van der Waals surface area (Å²) < 4.78 is 1.43. The summed E-state index contributed by atoms with van der Waals surface area (Å²) in [6.45, 7) is 4.53. The van der Waals surface area contributed by atoms with Crippen molar-refractivity contribution in [3.63, 3.8) is 0 Å². The molecular weight excluding hydrogens is 210 g/mol. The Morgan fingerprint density at radius 2 is 2.23 bits per heavy atom. The molecule has 1 aromatic heterocycles. The number of aldehydes is 1. The Morgan fingerprint density at radius 3 is 2.62 bits per heavy atom. The minimum absolute atomic E-state index is 0.166. The van der Waals surface area contributed by atoms with E-state index in [-0.39, 0.29) is 10.0 Å². The Bertz CT molecular complexity index is 367. The summed E-state index contributed by atoms with van der Waals surface area (Å²) in [7, 11) is 0. The fourth-order valence-corrected chi connectivity index (χ4v) is 2.06. The second-order valence-corrected chi connectivity index (χ2v) is 4.50. The molecule has 0 bridgehead atoms. The van der Waals surface area contributed by atoms with Gasteiger partial charge < -0.3 is 0 Å². The number of carbonyl (C=O) groups is 1. The van der Waals surface area contributed by atoms with Crippen LogP contribution in [0.15, 0.2) is 4.79 Å². The van der Waals surface area contributed by atoms with E-state index in [2.05, 4.69) is 0 Å². The molecule has 0 unspecified atom stereocenters. The summed E-state index contributed by atoms with van der Waals surface area (Å²) >= 11 is 6.71. The Kier molecular flexibility index (Phi) is 3.27. The van der Waals surface area contributed by atoms with Gasteiger partial charge in [-0.25, -0.2) is 0 Å². The van der Waals surface area contributed by atoms with Crippen molar-refractivity contribution in [3.05, 3.63) is 19.7 Å². The zero-order valence-corrected chi connectivity index (χ0v) is 8.98. The molecule has 72 valence electrons. The van der Waals surface area contributed by atoms with Gasteiger partial charge in [0.05, 0.1) is 0 Å². The van der Waals surface area contributed by atoms with Gasteiger partial charge in [-0.1, -0.05) is 36.8 Å². The average Bonchev–Trinajstić information content (AvgIpc) is 2.31. The molecule has 1 rings (SSSR count). The molecule has 13 heavy (non-hydrogen) atoms. The fourth-order valence-electron chi connectivity index (χ4n) is 0.997. The lowest BCUT2D eigenvalue weighted by Crippen LogP contribution is -2.16. The summed E-state index contributed by atoms with van der Waals surface area (Å²) in [6.07, 6.45) is 0.616. The van der Waals surface area contributed by atoms with Gasteiger partial charge in [0, 0.05) is 6.54 Å². The predicted octanol–water partition coefficient (Wildman–Crippen LogP) is 2.03. The highest BCUT2D eigenvalue weighted by molar-refractivity contribution is 7.11. The molecule has 0 aliphatic carbocycles. The molecule has 1 heterocycles. The monoisotopic (exact) mass is 219 g/mol. The first-order chi connectivity index (χ1) is 6.06. The summed E-state index contributed by atoms with van der Waals surface area (Å²) in [4.78, 5) is 21.9. The van der Waals surface area contributed by atoms with Gasteiger partial charge in [0.2, 0.25) is 0 Å². The number of hydrogen-bond donors (Lipinski definition) is 0. The normalized spacial score (nSPS) is 10.8. The molecule has 0 aliphatic rings. The number of carbonyl (C=O) groups excluding carboxylic acids is 1. The van der Waals surface area contributed by atoms with Crippen molar-refractivity contribution < 1.29 is 4.79 Å². The van der Waals surface area contributed by atoms with Gasteiger partial charge >= 0.3 is 4.87 Å². The molecule has 0 saturated carbocycles. The molecule has 0 N–H and O–H groups in total. The highest BCUT2D eigenvalue weighted by Crippen LogP contribution is 2.17. The highest BCUT2D eigenvalue weighted by Gasteiger charge is 2.12. The fraction of sp³-hybridized carbons (Fsp3) is 0.500. The molecule has 0 aliphatic heterocycles. The van der Waals surface area contributed by atoms with E-state index in [1.807, 2.05) is 13.8 Å². The van der Waals surface area contributed by atoms with E-state index in [9.17, 15) is 9.59 Å². The van der Waals surface area contributed by atoms with Crippen molar-refractivity contribution in [2.24, 2.45) is 5.92 Å². The van der Waals surface area contributed by atoms with E-state index >= 15 is 0 Å². The highest BCUT2D eigenvalue weighted by atomic mass is 35.5. The van der Waals surface area contributed by atoms with Crippen molar-refractivity contribution >= 4 is 29.2 Å². The Balaban J connectivity index is 3.13. The van der Waals surface area contributed by atoms with Crippen LogP contribution in [-0.4, -0.2) is 10.9 Å². The standard InChI is InChI=1S/C8H10ClNO2S/c1-5(2)3-10-7(9)6(4-11)13-8(10)12/h4-5H,3H2,1-2H3. The molecule has 0 radical (unpaired) electrons. The summed E-state index contributed by atoms with van der Waals surface area (Å²) in [5.41, 5.74) is 0. The van der Waals surface area contributed by atoms with Crippen LogP contribution in [0.4, 0.5) is 0 Å². The lowest BCUT2D eigenvalue weighted by atomic mass is 10.2. The number of thiazole rings is 1. The van der Waals surface area contributed by atoms with E-state index in [0.29, 0.717) is 23.6 Å². The number of rotatable bonds is 3. The number of halogens is 1. The minimum Gasteiger partial charge on any atom is -0.297 e. The zero-order valence-electron chi connectivity index (χ0n) is 7.41. The molecule has 0 amide bonds. The van der Waals surface area contributed by atoms with Gasteiger partial charge in [-0.3, -0.25) is 14.2 Å². The third-order valence-electron chi connectivity index (χ3n) is 1.51. The van der Waals surface area contributed by atoms with E-state index in [4.69, 9.17) is 11.6 Å². The maximum absolute atomic E-state index is 11.3. The van der Waals surface area contributed by atoms with Crippen molar-refractivity contribution in [1.29, 1.82) is 0 Å². The number of hydrogen-bond acceptors (Lipinski definition) is 3. The van der Waals surface area contributed by atoms with Crippen LogP contribution in [0, 0.1) is 5.92 Å². The van der Waals surface area contributed by atoms with Crippen molar-refractivity contribution in [1.82, 2.24) is 4.57 Å². The van der Waals surface area contributed by atoms with E-state index < -0.39 is 0 Å². The molecule has 0 saturated heterocycles. The molecule has 0 spiro atoms. The van der Waals surface area contributed by atoms with E-state index in [0.717, 1.165) is 11.3 Å². The van der Waals surface area contributed by atoms with Gasteiger partial charge in [-0.2, -0.15) is 0 Å². The molecule has 1 aromatic rings. The summed E-state index contributed by atoms with van der Waals surface area (Å²) in [5.74, 6) is 0.337. The van der Waals surface area contributed by atoms with Gasteiger partial charge in [-0.05, 0) is 5.92 Å². The quantitative estimate of drug-likeness (QED) is 0.730. The third kappa shape index (κ3) is 2.19. The Hall–Kier alpha value is -0.610. The second kappa shape index (κ2) is 4.07. The van der Waals surface area contributed by atoms with Crippen molar-refractivity contribution in [3.8, 4) is 0 Å². The van der Waals surface area contributed by atoms with Crippen LogP contribution in [0.25, 0.3) is 0 Å². The van der Waals surface area contributed by atoms with Crippen LogP contribution in [0.3, 0.4) is 0 Å². The topological polar surface area (TPSA) is 39.1 Å². The van der Waals surface area contributed by atoms with Crippen LogP contribution >= 0.6 is 22.9 Å². The smallest absolute Gasteiger partial charge is 0.297 e. The van der Waals surface area contributed by atoms with Crippen LogP contribution in [-0.2, 0) is 6.54 Å². The lowest BCUT2D eigenvalue weighted by molar-refractivity contribution is 0.112. The van der Waals surface area contributed by atoms with Gasteiger partial charge in [-0.15, -0.1) is 0 Å². The maximum Gasteiger partial charge on any atom is 0.308 e. The molecule has 3 nitrogen and oxygen atoms in total. The molecule has 5 heteroatoms. The van der Waals surface area contributed by atoms with Crippen molar-refractivity contribution in [2.45, 2.75) is 20.4 Å². The Morgan fingerprint density at radius 1 is 1.62 bits per heavy atom. The predicted molar refractivity (Wildman–Crippen MR) is 53.8 cm³/mol. The lowest BCUT2D eigenvalue weighted by Gasteiger charge is -2.05. The van der Waals surface area contributed by atoms with Gasteiger partial charge in [0.1, 0.15) is 10.0 Å². The zero-order chi connectivity index (χ0) is 10.0. The Labute approximate surface area is 85.0 Å². The second-order valence-electron chi connectivity index (χ2n) is 3.15. The van der Waals surface area contributed by atoms with Crippen molar-refractivity contribution in [2.75, 3.05) is 0 Å². The SMILES string of the molecule is CC(C)Cn1c(Cl)c(C=O)sc1=O. The third-order valence-corrected chi connectivity index (χ3v) is 2.94. The minimum atomic E-state index is -0.166. The largest absolute Gasteiger partial charge is 0.308 e. The van der Waals surface area contributed by atoms with Crippen LogP contribution in [0.5, 0.6) is 0 Å². The number of nitrogens with zero attached hydrogens (tertiary/aromatic N) is 1. The molecule has 0 aromatic carbocycles. The van der Waals surface area contributed by atoms with E-state index in [1.54, 1.807) is 0 Å². The van der Waals surface area contributed by atoms with Crippen LogP contribution in [0.2, 0.25) is 5.15 Å². The first-order valence-corrected chi connectivity index (χ1v) is 5.10.